The van der Waals surface area contributed by atoms with E-state index in [4.69, 9.17) is 28.3 Å². The van der Waals surface area contributed by atoms with Crippen molar-refractivity contribution in [1.82, 2.24) is 30.8 Å². The van der Waals surface area contributed by atoms with Crippen molar-refractivity contribution in [2.24, 2.45) is 0 Å². The smallest absolute Gasteiger partial charge is 0.305 e. The number of carboxylic acids is 1. The van der Waals surface area contributed by atoms with Gasteiger partial charge in [0.25, 0.3) is 5.24 Å². The van der Waals surface area contributed by atoms with Crippen molar-refractivity contribution in [2.75, 3.05) is 12.3 Å². The molecule has 0 fully saturated rings. The fraction of sp³-hybridized carbons (Fsp3) is 0.353. The molecule has 0 saturated carbocycles. The molecule has 1 unspecified atom stereocenters. The highest BCUT2D eigenvalue weighted by Crippen LogP contribution is 2.36. The number of hydrogen-bond acceptors (Lipinski definition) is 9. The SMILES string of the molecule is CC(=O)NCCSC(=O)NC(CC(=O)O)C(=O)Cn1nnc(Sc2c(Cl)cccc2Cl)n1. The molecular weight excluding hydrogens is 503 g/mol. The summed E-state index contributed by atoms with van der Waals surface area (Å²) < 4.78 is 0. The van der Waals surface area contributed by atoms with Gasteiger partial charge in [0.2, 0.25) is 11.1 Å². The van der Waals surface area contributed by atoms with E-state index in [-0.39, 0.29) is 23.4 Å². The Morgan fingerprint density at radius 3 is 2.53 bits per heavy atom. The first-order chi connectivity index (χ1) is 15.2. The van der Waals surface area contributed by atoms with Crippen LogP contribution in [0.15, 0.2) is 28.3 Å². The molecule has 32 heavy (non-hydrogen) atoms. The largest absolute Gasteiger partial charge is 0.481 e. The number of hydrogen-bond donors (Lipinski definition) is 3. The van der Waals surface area contributed by atoms with E-state index in [9.17, 15) is 19.2 Å². The van der Waals surface area contributed by atoms with Crippen LogP contribution >= 0.6 is 46.7 Å². The monoisotopic (exact) mass is 520 g/mol. The Morgan fingerprint density at radius 2 is 1.91 bits per heavy atom. The van der Waals surface area contributed by atoms with Crippen molar-refractivity contribution in [1.29, 1.82) is 0 Å². The van der Waals surface area contributed by atoms with Gasteiger partial charge in [-0.05, 0) is 29.1 Å². The number of rotatable bonds is 11. The van der Waals surface area contributed by atoms with Gasteiger partial charge < -0.3 is 15.7 Å². The summed E-state index contributed by atoms with van der Waals surface area (Å²) in [6.45, 7) is 1.19. The number of nitrogens with one attached hydrogen (secondary N) is 2. The Morgan fingerprint density at radius 1 is 1.22 bits per heavy atom. The lowest BCUT2D eigenvalue weighted by Gasteiger charge is -2.15. The number of ketones is 1. The van der Waals surface area contributed by atoms with E-state index in [1.54, 1.807) is 18.2 Å². The maximum absolute atomic E-state index is 12.6. The van der Waals surface area contributed by atoms with Crippen LogP contribution in [-0.2, 0) is 20.9 Å². The van der Waals surface area contributed by atoms with E-state index in [1.807, 2.05) is 0 Å². The second-order valence-electron chi connectivity index (χ2n) is 6.14. The fourth-order valence-electron chi connectivity index (χ4n) is 2.23. The molecule has 2 rings (SSSR count). The van der Waals surface area contributed by atoms with E-state index in [2.05, 4.69) is 26.0 Å². The molecule has 0 bridgehead atoms. The lowest BCUT2D eigenvalue weighted by atomic mass is 10.1. The number of Topliss-reactive ketones (excluding diaryl/α,β-unsaturated/α-hetero) is 1. The molecule has 2 amide bonds. The van der Waals surface area contributed by atoms with Crippen LogP contribution in [0.2, 0.25) is 10.0 Å². The zero-order valence-corrected chi connectivity index (χ0v) is 19.7. The number of aromatic nitrogens is 4. The predicted octanol–water partition coefficient (Wildman–Crippen LogP) is 2.12. The first kappa shape index (κ1) is 25.9. The van der Waals surface area contributed by atoms with Gasteiger partial charge in [0.15, 0.2) is 5.78 Å². The first-order valence-electron chi connectivity index (χ1n) is 8.97. The summed E-state index contributed by atoms with van der Waals surface area (Å²) in [4.78, 5) is 48.0. The second-order valence-corrected chi connectivity index (χ2v) is 8.99. The molecule has 0 radical (unpaired) electrons. The number of carbonyl (C=O) groups is 4. The van der Waals surface area contributed by atoms with Crippen molar-refractivity contribution in [3.05, 3.63) is 28.2 Å². The van der Waals surface area contributed by atoms with Crippen LogP contribution < -0.4 is 10.6 Å². The molecule has 1 atom stereocenters. The maximum atomic E-state index is 12.6. The van der Waals surface area contributed by atoms with Crippen LogP contribution in [0.1, 0.15) is 13.3 Å². The molecule has 11 nitrogen and oxygen atoms in total. The van der Waals surface area contributed by atoms with Gasteiger partial charge in [-0.15, -0.1) is 10.2 Å². The molecule has 1 aromatic heterocycles. The molecule has 15 heteroatoms. The highest BCUT2D eigenvalue weighted by molar-refractivity contribution is 8.13. The van der Waals surface area contributed by atoms with Crippen LogP contribution in [0.5, 0.6) is 0 Å². The minimum atomic E-state index is -1.28. The number of benzene rings is 1. The average molecular weight is 521 g/mol. The zero-order chi connectivity index (χ0) is 23.7. The van der Waals surface area contributed by atoms with E-state index in [0.29, 0.717) is 14.9 Å². The third kappa shape index (κ3) is 8.65. The van der Waals surface area contributed by atoms with Crippen LogP contribution in [-0.4, -0.2) is 66.6 Å². The fourth-order valence-corrected chi connectivity index (χ4v) is 4.20. The van der Waals surface area contributed by atoms with Crippen LogP contribution in [0, 0.1) is 0 Å². The molecule has 172 valence electrons. The topological polar surface area (TPSA) is 156 Å². The van der Waals surface area contributed by atoms with Gasteiger partial charge in [0.1, 0.15) is 12.6 Å². The molecule has 0 aliphatic heterocycles. The van der Waals surface area contributed by atoms with Crippen molar-refractivity contribution >= 4 is 69.6 Å². The molecule has 1 heterocycles. The maximum Gasteiger partial charge on any atom is 0.305 e. The molecule has 0 aliphatic carbocycles. The van der Waals surface area contributed by atoms with Gasteiger partial charge in [0.05, 0.1) is 21.4 Å². The Bertz CT molecular complexity index is 985. The number of nitrogens with zero attached hydrogens (tertiary/aromatic N) is 4. The third-order valence-electron chi connectivity index (χ3n) is 3.61. The number of carbonyl (C=O) groups excluding carboxylic acids is 3. The molecule has 2 aromatic rings. The number of aliphatic carboxylic acids is 1. The molecule has 1 aromatic carbocycles. The van der Waals surface area contributed by atoms with Gasteiger partial charge in [0, 0.05) is 19.2 Å². The summed E-state index contributed by atoms with van der Waals surface area (Å²) in [5, 5.41) is 26.0. The summed E-state index contributed by atoms with van der Waals surface area (Å²) >= 11 is 14.1. The van der Waals surface area contributed by atoms with Crippen LogP contribution in [0.3, 0.4) is 0 Å². The van der Waals surface area contributed by atoms with E-state index >= 15 is 0 Å². The zero-order valence-electron chi connectivity index (χ0n) is 16.6. The standard InChI is InChI=1S/C17H18Cl2N6O5S2/c1-9(26)20-5-6-31-17(30)21-12(7-14(28)29)13(27)8-25-23-16(22-24-25)32-15-10(18)3-2-4-11(15)19/h2-4,12H,5-8H2,1H3,(H,20,26)(H,21,30)(H,28,29). The lowest BCUT2D eigenvalue weighted by Crippen LogP contribution is -2.42. The normalized spacial score (nSPS) is 11.6. The number of halogens is 2. The Balaban J connectivity index is 1.97. The van der Waals surface area contributed by atoms with E-state index in [0.717, 1.165) is 28.3 Å². The predicted molar refractivity (Wildman–Crippen MR) is 119 cm³/mol. The van der Waals surface area contributed by atoms with E-state index in [1.165, 1.54) is 6.92 Å². The Labute approximate surface area is 201 Å². The molecule has 0 aliphatic rings. The minimum absolute atomic E-state index is 0.181. The van der Waals surface area contributed by atoms with Crippen LogP contribution in [0.4, 0.5) is 4.79 Å². The van der Waals surface area contributed by atoms with Crippen molar-refractivity contribution in [3.63, 3.8) is 0 Å². The van der Waals surface area contributed by atoms with Gasteiger partial charge in [-0.3, -0.25) is 19.2 Å². The average Bonchev–Trinajstić information content (AvgIpc) is 3.14. The van der Waals surface area contributed by atoms with Crippen molar-refractivity contribution in [2.45, 2.75) is 36.0 Å². The molecular formula is C17H18Cl2N6O5S2. The Kier molecular flexibility index (Phi) is 10.2. The minimum Gasteiger partial charge on any atom is -0.481 e. The summed E-state index contributed by atoms with van der Waals surface area (Å²) in [5.74, 6) is -1.86. The molecule has 0 saturated heterocycles. The summed E-state index contributed by atoms with van der Waals surface area (Å²) in [5.41, 5.74) is 0. The van der Waals surface area contributed by atoms with Crippen molar-refractivity contribution < 1.29 is 24.3 Å². The summed E-state index contributed by atoms with van der Waals surface area (Å²) in [7, 11) is 0. The Hall–Kier alpha value is -2.35. The summed E-state index contributed by atoms with van der Waals surface area (Å²) in [6, 6.07) is 3.70. The van der Waals surface area contributed by atoms with E-state index < -0.39 is 36.0 Å². The van der Waals surface area contributed by atoms with Crippen molar-refractivity contribution in [3.8, 4) is 0 Å². The first-order valence-corrected chi connectivity index (χ1v) is 11.5. The van der Waals surface area contributed by atoms with Gasteiger partial charge in [-0.25, -0.2) is 0 Å². The van der Waals surface area contributed by atoms with Gasteiger partial charge in [-0.1, -0.05) is 41.0 Å². The highest BCUT2D eigenvalue weighted by atomic mass is 35.5. The quantitative estimate of drug-likeness (QED) is 0.374. The molecule has 0 spiro atoms. The summed E-state index contributed by atoms with van der Waals surface area (Å²) in [6.07, 6.45) is -0.609. The third-order valence-corrected chi connectivity index (χ3v) is 6.24. The number of tetrazole rings is 1. The van der Waals surface area contributed by atoms with Crippen LogP contribution in [0.25, 0.3) is 0 Å². The van der Waals surface area contributed by atoms with Gasteiger partial charge >= 0.3 is 5.97 Å². The molecule has 3 N–H and O–H groups in total. The lowest BCUT2D eigenvalue weighted by molar-refractivity contribution is -0.139. The highest BCUT2D eigenvalue weighted by Gasteiger charge is 2.25. The number of amides is 2. The van der Waals surface area contributed by atoms with Gasteiger partial charge in [-0.2, -0.15) is 4.80 Å². The number of thioether (sulfide) groups is 1. The number of carboxylic acid groups (broad SMARTS) is 1. The second kappa shape index (κ2) is 12.6.